The molecule has 0 aliphatic heterocycles. The molecule has 5 heteroatoms. The lowest BCUT2D eigenvalue weighted by Gasteiger charge is -2.22. The van der Waals surface area contributed by atoms with Gasteiger partial charge < -0.3 is 5.32 Å². The van der Waals surface area contributed by atoms with Gasteiger partial charge in [0.25, 0.3) is 5.56 Å². The molecule has 1 unspecified atom stereocenters. The first-order chi connectivity index (χ1) is 6.79. The number of rotatable bonds is 2. The van der Waals surface area contributed by atoms with Crippen LogP contribution in [0.15, 0.2) is 10.9 Å². The third-order valence-corrected chi connectivity index (χ3v) is 2.48. The first-order valence-corrected chi connectivity index (χ1v) is 4.57. The number of amides is 1. The highest BCUT2D eigenvalue weighted by molar-refractivity contribution is 5.47. The molecule has 1 aromatic rings. The van der Waals surface area contributed by atoms with Crippen molar-refractivity contribution in [2.24, 2.45) is 0 Å². The predicted molar refractivity (Wildman–Crippen MR) is 49.9 cm³/mol. The van der Waals surface area contributed by atoms with Crippen molar-refractivity contribution in [1.29, 1.82) is 0 Å². The molecule has 1 aromatic heterocycles. The van der Waals surface area contributed by atoms with Crippen LogP contribution in [0.3, 0.4) is 0 Å². The van der Waals surface area contributed by atoms with Gasteiger partial charge in [-0.2, -0.15) is 5.10 Å². The van der Waals surface area contributed by atoms with E-state index in [-0.39, 0.29) is 11.6 Å². The number of aryl methyl sites for hydroxylation is 1. The molecule has 0 bridgehead atoms. The molecule has 0 saturated heterocycles. The molecule has 74 valence electrons. The van der Waals surface area contributed by atoms with Gasteiger partial charge in [0.2, 0.25) is 6.41 Å². The van der Waals surface area contributed by atoms with Gasteiger partial charge in [-0.05, 0) is 24.8 Å². The van der Waals surface area contributed by atoms with Gasteiger partial charge in [-0.25, -0.2) is 5.10 Å². The molecule has 0 aromatic carbocycles. The average molecular weight is 193 g/mol. The monoisotopic (exact) mass is 193 g/mol. The molecular weight excluding hydrogens is 182 g/mol. The Hall–Kier alpha value is -1.65. The molecule has 0 fully saturated rings. The fraction of sp³-hybridized carbons (Fsp3) is 0.444. The summed E-state index contributed by atoms with van der Waals surface area (Å²) in [5, 5.41) is 9.09. The van der Waals surface area contributed by atoms with Crippen LogP contribution in [0, 0.1) is 0 Å². The zero-order chi connectivity index (χ0) is 9.97. The van der Waals surface area contributed by atoms with Crippen molar-refractivity contribution in [3.8, 4) is 0 Å². The van der Waals surface area contributed by atoms with E-state index in [9.17, 15) is 9.59 Å². The molecule has 2 rings (SSSR count). The molecule has 14 heavy (non-hydrogen) atoms. The fourth-order valence-electron chi connectivity index (χ4n) is 1.78. The molecule has 1 atom stereocenters. The van der Waals surface area contributed by atoms with Crippen LogP contribution in [0.4, 0.5) is 0 Å². The average Bonchev–Trinajstić information content (AvgIpc) is 2.17. The van der Waals surface area contributed by atoms with Gasteiger partial charge in [0.05, 0.1) is 5.69 Å². The van der Waals surface area contributed by atoms with E-state index in [4.69, 9.17) is 0 Å². The lowest BCUT2D eigenvalue weighted by molar-refractivity contribution is -0.110. The van der Waals surface area contributed by atoms with Crippen molar-refractivity contribution >= 4 is 6.41 Å². The Bertz CT molecular complexity index is 399. The summed E-state index contributed by atoms with van der Waals surface area (Å²) in [5.74, 6) is 0. The highest BCUT2D eigenvalue weighted by Crippen LogP contribution is 2.16. The molecule has 2 N–H and O–H groups in total. The third-order valence-electron chi connectivity index (χ3n) is 2.48. The number of carbonyl (C=O) groups excluding carboxylic acids is 1. The molecule has 1 amide bonds. The number of hydrogen-bond acceptors (Lipinski definition) is 3. The molecule has 1 aliphatic rings. The van der Waals surface area contributed by atoms with Gasteiger partial charge in [0, 0.05) is 12.1 Å². The number of aromatic amines is 1. The second-order valence-electron chi connectivity index (χ2n) is 3.43. The smallest absolute Gasteiger partial charge is 0.264 e. The zero-order valence-electron chi connectivity index (χ0n) is 7.62. The summed E-state index contributed by atoms with van der Waals surface area (Å²) in [6.45, 7) is 0. The van der Waals surface area contributed by atoms with Crippen LogP contribution in [-0.4, -0.2) is 22.6 Å². The normalized spacial score (nSPS) is 19.9. The van der Waals surface area contributed by atoms with Crippen molar-refractivity contribution in [1.82, 2.24) is 15.5 Å². The van der Waals surface area contributed by atoms with Crippen molar-refractivity contribution in [2.45, 2.75) is 25.3 Å². The van der Waals surface area contributed by atoms with Crippen LogP contribution >= 0.6 is 0 Å². The maximum Gasteiger partial charge on any atom is 0.264 e. The van der Waals surface area contributed by atoms with E-state index in [2.05, 4.69) is 15.5 Å². The molecule has 1 aliphatic carbocycles. The summed E-state index contributed by atoms with van der Waals surface area (Å²) >= 11 is 0. The van der Waals surface area contributed by atoms with Gasteiger partial charge in [-0.1, -0.05) is 0 Å². The second-order valence-corrected chi connectivity index (χ2v) is 3.43. The van der Waals surface area contributed by atoms with E-state index >= 15 is 0 Å². The maximum absolute atomic E-state index is 11.0. The fourth-order valence-corrected chi connectivity index (χ4v) is 1.78. The predicted octanol–water partition coefficient (Wildman–Crippen LogP) is -0.627. The van der Waals surface area contributed by atoms with Crippen LogP contribution in [0.25, 0.3) is 0 Å². The summed E-state index contributed by atoms with van der Waals surface area (Å²) in [5.41, 5.74) is 1.70. The van der Waals surface area contributed by atoms with Crippen molar-refractivity contribution in [2.75, 3.05) is 0 Å². The zero-order valence-corrected chi connectivity index (χ0v) is 7.62. The van der Waals surface area contributed by atoms with Gasteiger partial charge in [0.15, 0.2) is 0 Å². The number of H-pyrrole nitrogens is 1. The number of aromatic nitrogens is 2. The Morgan fingerprint density at radius 3 is 3.29 bits per heavy atom. The number of nitrogens with zero attached hydrogens (tertiary/aromatic N) is 1. The Kier molecular flexibility index (Phi) is 2.30. The summed E-state index contributed by atoms with van der Waals surface area (Å²) in [7, 11) is 0. The van der Waals surface area contributed by atoms with Crippen LogP contribution in [0.2, 0.25) is 0 Å². The summed E-state index contributed by atoms with van der Waals surface area (Å²) in [6.07, 6.45) is 3.09. The Morgan fingerprint density at radius 1 is 1.64 bits per heavy atom. The van der Waals surface area contributed by atoms with Crippen molar-refractivity contribution in [3.05, 3.63) is 27.7 Å². The highest BCUT2D eigenvalue weighted by Gasteiger charge is 2.19. The van der Waals surface area contributed by atoms with Gasteiger partial charge in [-0.3, -0.25) is 9.59 Å². The van der Waals surface area contributed by atoms with E-state index < -0.39 is 0 Å². The minimum Gasteiger partial charge on any atom is -0.356 e. The quantitative estimate of drug-likeness (QED) is 0.614. The third kappa shape index (κ3) is 1.66. The van der Waals surface area contributed by atoms with E-state index in [0.29, 0.717) is 12.8 Å². The van der Waals surface area contributed by atoms with Gasteiger partial charge in [0.1, 0.15) is 0 Å². The molecule has 0 spiro atoms. The molecule has 5 nitrogen and oxygen atoms in total. The topological polar surface area (TPSA) is 74.8 Å². The lowest BCUT2D eigenvalue weighted by atomic mass is 9.92. The van der Waals surface area contributed by atoms with Gasteiger partial charge in [-0.15, -0.1) is 0 Å². The van der Waals surface area contributed by atoms with Crippen molar-refractivity contribution < 1.29 is 4.79 Å². The number of hydrogen-bond donors (Lipinski definition) is 2. The van der Waals surface area contributed by atoms with Crippen LogP contribution in [0.1, 0.15) is 17.7 Å². The van der Waals surface area contributed by atoms with E-state index in [1.165, 1.54) is 0 Å². The lowest BCUT2D eigenvalue weighted by Crippen LogP contribution is -2.34. The van der Waals surface area contributed by atoms with E-state index in [0.717, 1.165) is 24.1 Å². The highest BCUT2D eigenvalue weighted by atomic mass is 16.1. The van der Waals surface area contributed by atoms with Crippen LogP contribution in [0.5, 0.6) is 0 Å². The summed E-state index contributed by atoms with van der Waals surface area (Å²) in [4.78, 5) is 21.3. The number of carbonyl (C=O) groups is 1. The second kappa shape index (κ2) is 3.61. The molecule has 1 heterocycles. The first kappa shape index (κ1) is 8.93. The summed E-state index contributed by atoms with van der Waals surface area (Å²) < 4.78 is 0. The Morgan fingerprint density at radius 2 is 2.50 bits per heavy atom. The summed E-state index contributed by atoms with van der Waals surface area (Å²) in [6, 6.07) is 1.70. The number of nitrogens with one attached hydrogen (secondary N) is 2. The minimum atomic E-state index is -0.185. The largest absolute Gasteiger partial charge is 0.356 e. The first-order valence-electron chi connectivity index (χ1n) is 4.57. The van der Waals surface area contributed by atoms with Gasteiger partial charge >= 0.3 is 0 Å². The Balaban J connectivity index is 2.24. The standard InChI is InChI=1S/C9H11N3O2/c13-5-10-7-1-2-8-6(3-7)4-9(14)12-11-8/h4-5,7H,1-3H2,(H,10,13)(H,12,14). The van der Waals surface area contributed by atoms with Crippen LogP contribution in [-0.2, 0) is 17.6 Å². The minimum absolute atomic E-state index is 0.142. The Labute approximate surface area is 80.5 Å². The number of fused-ring (bicyclic) bond motifs is 1. The van der Waals surface area contributed by atoms with Crippen LogP contribution < -0.4 is 10.9 Å². The molecule has 0 radical (unpaired) electrons. The molecular formula is C9H11N3O2. The SMILES string of the molecule is O=CNC1CCc2n[nH]c(=O)cc2C1. The van der Waals surface area contributed by atoms with Crippen molar-refractivity contribution in [3.63, 3.8) is 0 Å². The molecule has 0 saturated carbocycles. The van der Waals surface area contributed by atoms with E-state index in [1.807, 2.05) is 0 Å². The maximum atomic E-state index is 11.0. The van der Waals surface area contributed by atoms with E-state index in [1.54, 1.807) is 6.07 Å².